The molecule has 2 rings (SSSR count). The molecule has 1 aliphatic rings. The molecular weight excluding hydrogens is 283 g/mol. The van der Waals surface area contributed by atoms with Gasteiger partial charge in [0.25, 0.3) is 0 Å². The first kappa shape index (κ1) is 14.8. The molecule has 0 N–H and O–H groups in total. The van der Waals surface area contributed by atoms with Crippen LogP contribution in [0.15, 0.2) is 17.7 Å². The van der Waals surface area contributed by atoms with Crippen molar-refractivity contribution in [2.24, 2.45) is 0 Å². The summed E-state index contributed by atoms with van der Waals surface area (Å²) in [5.74, 6) is -0.610. The normalized spacial score (nSPS) is 14.8. The van der Waals surface area contributed by atoms with Gasteiger partial charge < -0.3 is 9.64 Å². The van der Waals surface area contributed by atoms with E-state index in [0.717, 1.165) is 5.57 Å². The summed E-state index contributed by atoms with van der Waals surface area (Å²) in [6.45, 7) is 6.33. The summed E-state index contributed by atoms with van der Waals surface area (Å²) in [5.41, 5.74) is 0.801. The van der Waals surface area contributed by atoms with Gasteiger partial charge in [-0.2, -0.15) is 4.39 Å². The van der Waals surface area contributed by atoms with E-state index in [1.807, 2.05) is 20.8 Å². The molecule has 0 saturated carbocycles. The minimum absolute atomic E-state index is 0.119. The summed E-state index contributed by atoms with van der Waals surface area (Å²) < 4.78 is 18.7. The lowest BCUT2D eigenvalue weighted by Crippen LogP contribution is -2.46. The number of carbonyl (C=O) groups excluding carboxylic acids is 1. The first-order chi connectivity index (χ1) is 9.24. The monoisotopic (exact) mass is 298 g/mol. The minimum Gasteiger partial charge on any atom is -0.444 e. The number of hydrogen-bond acceptors (Lipinski definition) is 3. The van der Waals surface area contributed by atoms with Gasteiger partial charge >= 0.3 is 6.09 Å². The summed E-state index contributed by atoms with van der Waals surface area (Å²) in [4.78, 5) is 16.8. The van der Waals surface area contributed by atoms with Crippen molar-refractivity contribution in [1.82, 2.24) is 9.88 Å². The zero-order valence-electron chi connectivity index (χ0n) is 11.6. The van der Waals surface area contributed by atoms with Gasteiger partial charge in [0.2, 0.25) is 5.95 Å². The second kappa shape index (κ2) is 5.40. The Morgan fingerprint density at radius 1 is 1.45 bits per heavy atom. The number of rotatable bonds is 1. The van der Waals surface area contributed by atoms with Crippen LogP contribution < -0.4 is 0 Å². The molecule has 0 unspecified atom stereocenters. The van der Waals surface area contributed by atoms with E-state index in [4.69, 9.17) is 16.3 Å². The van der Waals surface area contributed by atoms with Crippen molar-refractivity contribution in [3.63, 3.8) is 0 Å². The van der Waals surface area contributed by atoms with Crippen LogP contribution in [-0.2, 0) is 4.74 Å². The average Bonchev–Trinajstić information content (AvgIpc) is 2.22. The highest BCUT2D eigenvalue weighted by Gasteiger charge is 2.29. The van der Waals surface area contributed by atoms with Gasteiger partial charge in [0.15, 0.2) is 0 Å². The van der Waals surface area contributed by atoms with E-state index in [9.17, 15) is 9.18 Å². The molecule has 1 saturated heterocycles. The van der Waals surface area contributed by atoms with Gasteiger partial charge in [-0.05, 0) is 44.6 Å². The molecule has 1 aromatic rings. The Hall–Kier alpha value is -1.62. The zero-order valence-corrected chi connectivity index (χ0v) is 12.4. The van der Waals surface area contributed by atoms with E-state index in [0.29, 0.717) is 18.7 Å². The molecule has 1 fully saturated rings. The summed E-state index contributed by atoms with van der Waals surface area (Å²) >= 11 is 5.59. The molecule has 4 nitrogen and oxygen atoms in total. The highest BCUT2D eigenvalue weighted by atomic mass is 35.5. The molecule has 1 aliphatic heterocycles. The molecule has 2 heterocycles. The van der Waals surface area contributed by atoms with Crippen molar-refractivity contribution < 1.29 is 13.9 Å². The summed E-state index contributed by atoms with van der Waals surface area (Å²) in [7, 11) is 0. The molecule has 20 heavy (non-hydrogen) atoms. The molecule has 0 aliphatic carbocycles. The fourth-order valence-electron chi connectivity index (χ4n) is 1.74. The van der Waals surface area contributed by atoms with Crippen molar-refractivity contribution in [2.45, 2.75) is 26.4 Å². The minimum atomic E-state index is -0.610. The predicted molar refractivity (Wildman–Crippen MR) is 75.0 cm³/mol. The first-order valence-corrected chi connectivity index (χ1v) is 6.62. The first-order valence-electron chi connectivity index (χ1n) is 6.24. The molecule has 0 spiro atoms. The van der Waals surface area contributed by atoms with Crippen molar-refractivity contribution in [3.05, 3.63) is 34.4 Å². The van der Waals surface area contributed by atoms with Crippen molar-refractivity contribution >= 4 is 23.8 Å². The predicted octanol–water partition coefficient (Wildman–Crippen LogP) is 3.51. The van der Waals surface area contributed by atoms with E-state index < -0.39 is 11.5 Å². The van der Waals surface area contributed by atoms with Crippen LogP contribution in [0.1, 0.15) is 26.3 Å². The Balaban J connectivity index is 1.96. The molecule has 0 radical (unpaired) electrons. The van der Waals surface area contributed by atoms with E-state index in [1.165, 1.54) is 6.07 Å². The third-order valence-corrected chi connectivity index (χ3v) is 2.85. The lowest BCUT2D eigenvalue weighted by atomic mass is 10.1. The van der Waals surface area contributed by atoms with Crippen molar-refractivity contribution in [3.8, 4) is 0 Å². The van der Waals surface area contributed by atoms with Gasteiger partial charge in [-0.1, -0.05) is 11.6 Å². The second-order valence-corrected chi connectivity index (χ2v) is 6.04. The van der Waals surface area contributed by atoms with Crippen LogP contribution in [0.2, 0.25) is 5.15 Å². The van der Waals surface area contributed by atoms with Crippen molar-refractivity contribution in [1.29, 1.82) is 0 Å². The Bertz CT molecular complexity index is 559. The fraction of sp³-hybridized carbons (Fsp3) is 0.429. The molecule has 6 heteroatoms. The topological polar surface area (TPSA) is 42.4 Å². The highest BCUT2D eigenvalue weighted by molar-refractivity contribution is 6.29. The van der Waals surface area contributed by atoms with Crippen LogP contribution in [0.5, 0.6) is 0 Å². The molecule has 0 atom stereocenters. The quantitative estimate of drug-likeness (QED) is 0.745. The number of pyridine rings is 1. The lowest BCUT2D eigenvalue weighted by molar-refractivity contribution is 0.0216. The van der Waals surface area contributed by atoms with Crippen molar-refractivity contribution in [2.75, 3.05) is 13.1 Å². The van der Waals surface area contributed by atoms with Gasteiger partial charge in [0.05, 0.1) is 0 Å². The van der Waals surface area contributed by atoms with Gasteiger partial charge in [-0.3, -0.25) is 0 Å². The third kappa shape index (κ3) is 3.70. The lowest BCUT2D eigenvalue weighted by Gasteiger charge is -2.35. The molecule has 0 bridgehead atoms. The van der Waals surface area contributed by atoms with Crippen LogP contribution in [0.4, 0.5) is 9.18 Å². The summed E-state index contributed by atoms with van der Waals surface area (Å²) in [6.07, 6.45) is 1.32. The van der Waals surface area contributed by atoms with Crippen LogP contribution >= 0.6 is 11.6 Å². The van der Waals surface area contributed by atoms with E-state index in [2.05, 4.69) is 4.98 Å². The van der Waals surface area contributed by atoms with E-state index in [1.54, 1.807) is 17.0 Å². The summed E-state index contributed by atoms with van der Waals surface area (Å²) in [5, 5.41) is 0.119. The van der Waals surface area contributed by atoms with Crippen LogP contribution in [0, 0.1) is 5.95 Å². The largest absolute Gasteiger partial charge is 0.444 e. The van der Waals surface area contributed by atoms with Crippen LogP contribution in [0.3, 0.4) is 0 Å². The molecule has 1 amide bonds. The zero-order chi connectivity index (χ0) is 14.9. The highest BCUT2D eigenvalue weighted by Crippen LogP contribution is 2.22. The number of carbonyl (C=O) groups is 1. The number of ether oxygens (including phenoxy) is 1. The number of hydrogen-bond donors (Lipinski definition) is 0. The Morgan fingerprint density at radius 2 is 2.10 bits per heavy atom. The molecule has 0 aromatic carbocycles. The van der Waals surface area contributed by atoms with Crippen LogP contribution in [0.25, 0.3) is 6.08 Å². The maximum atomic E-state index is 13.5. The van der Waals surface area contributed by atoms with E-state index >= 15 is 0 Å². The third-order valence-electron chi connectivity index (χ3n) is 2.64. The Kier molecular flexibility index (Phi) is 3.99. The van der Waals surface area contributed by atoms with E-state index in [-0.39, 0.29) is 11.2 Å². The van der Waals surface area contributed by atoms with Crippen LogP contribution in [-0.4, -0.2) is 34.7 Å². The Labute approximate surface area is 122 Å². The maximum absolute atomic E-state index is 13.5. The number of nitrogens with zero attached hydrogens (tertiary/aromatic N) is 2. The van der Waals surface area contributed by atoms with Gasteiger partial charge in [-0.15, -0.1) is 0 Å². The standard InChI is InChI=1S/C14H16ClFN2O2/c1-14(2,3)20-13(19)18-7-9(8-18)6-10-4-5-11(15)17-12(10)16/h4-6H,7-8H2,1-3H3. The summed E-state index contributed by atoms with van der Waals surface area (Å²) in [6, 6.07) is 3.09. The van der Waals surface area contributed by atoms with Gasteiger partial charge in [0.1, 0.15) is 10.8 Å². The SMILES string of the molecule is CC(C)(C)OC(=O)N1CC(=Cc2ccc(Cl)nc2F)C1. The smallest absolute Gasteiger partial charge is 0.410 e. The molecule has 108 valence electrons. The Morgan fingerprint density at radius 3 is 2.65 bits per heavy atom. The maximum Gasteiger partial charge on any atom is 0.410 e. The number of amides is 1. The van der Waals surface area contributed by atoms with Gasteiger partial charge in [-0.25, -0.2) is 9.78 Å². The molecular formula is C14H16ClFN2O2. The average molecular weight is 299 g/mol. The fourth-order valence-corrected chi connectivity index (χ4v) is 1.88. The number of halogens is 2. The molecule has 1 aromatic heterocycles. The number of likely N-dealkylation sites (tertiary alicyclic amines) is 1. The van der Waals surface area contributed by atoms with Gasteiger partial charge in [0, 0.05) is 18.7 Å². The number of aromatic nitrogens is 1. The second-order valence-electron chi connectivity index (χ2n) is 5.65.